The molecule has 1 atom stereocenters. The number of carbonyl (C=O) groups is 2. The fourth-order valence-corrected chi connectivity index (χ4v) is 2.86. The second kappa shape index (κ2) is 7.99. The highest BCUT2D eigenvalue weighted by molar-refractivity contribution is 5.97. The summed E-state index contributed by atoms with van der Waals surface area (Å²) in [6.07, 6.45) is 0. The van der Waals surface area contributed by atoms with E-state index >= 15 is 0 Å². The molecule has 0 radical (unpaired) electrons. The van der Waals surface area contributed by atoms with Gasteiger partial charge in [-0.3, -0.25) is 9.59 Å². The maximum atomic E-state index is 12.2. The van der Waals surface area contributed by atoms with Crippen LogP contribution in [-0.2, 0) is 4.79 Å². The predicted molar refractivity (Wildman–Crippen MR) is 99.2 cm³/mol. The van der Waals surface area contributed by atoms with Crippen molar-refractivity contribution in [2.75, 3.05) is 20.4 Å². The molecule has 1 aliphatic heterocycles. The van der Waals surface area contributed by atoms with Gasteiger partial charge in [-0.1, -0.05) is 17.7 Å². The van der Waals surface area contributed by atoms with Gasteiger partial charge < -0.3 is 24.8 Å². The van der Waals surface area contributed by atoms with Gasteiger partial charge in [0.2, 0.25) is 12.7 Å². The van der Waals surface area contributed by atoms with Gasteiger partial charge in [-0.25, -0.2) is 0 Å². The van der Waals surface area contributed by atoms with Crippen molar-refractivity contribution in [1.29, 1.82) is 0 Å². The van der Waals surface area contributed by atoms with E-state index in [2.05, 4.69) is 10.6 Å². The zero-order chi connectivity index (χ0) is 19.4. The van der Waals surface area contributed by atoms with Crippen LogP contribution < -0.4 is 24.8 Å². The summed E-state index contributed by atoms with van der Waals surface area (Å²) in [6.45, 7) is 3.85. The number of hydrogen-bond acceptors (Lipinski definition) is 5. The molecule has 2 aromatic carbocycles. The Kier molecular flexibility index (Phi) is 5.49. The summed E-state index contributed by atoms with van der Waals surface area (Å²) in [4.78, 5) is 24.5. The van der Waals surface area contributed by atoms with E-state index in [0.717, 1.165) is 11.1 Å². The Morgan fingerprint density at radius 1 is 1.15 bits per heavy atom. The highest BCUT2D eigenvalue weighted by atomic mass is 16.7. The van der Waals surface area contributed by atoms with Crippen molar-refractivity contribution in [1.82, 2.24) is 10.6 Å². The van der Waals surface area contributed by atoms with Crippen LogP contribution in [-0.4, -0.2) is 32.3 Å². The molecule has 0 aliphatic carbocycles. The Balaban J connectivity index is 1.56. The summed E-state index contributed by atoms with van der Waals surface area (Å²) in [7, 11) is 1.59. The normalized spacial score (nSPS) is 13.0. The molecule has 0 fully saturated rings. The second-order valence-electron chi connectivity index (χ2n) is 6.29. The molecule has 2 N–H and O–H groups in total. The minimum Gasteiger partial charge on any atom is -0.496 e. The number of nitrogens with one attached hydrogen (secondary N) is 2. The molecule has 142 valence electrons. The molecule has 27 heavy (non-hydrogen) atoms. The summed E-state index contributed by atoms with van der Waals surface area (Å²) in [5.74, 6) is 1.18. The molecular formula is C20H22N2O5. The third kappa shape index (κ3) is 4.31. The van der Waals surface area contributed by atoms with Gasteiger partial charge in [0.15, 0.2) is 11.5 Å². The van der Waals surface area contributed by atoms with Gasteiger partial charge in [-0.05, 0) is 38.1 Å². The zero-order valence-corrected chi connectivity index (χ0v) is 15.5. The number of ether oxygens (including phenoxy) is 3. The van der Waals surface area contributed by atoms with Crippen molar-refractivity contribution in [2.24, 2.45) is 0 Å². The number of carbonyl (C=O) groups excluding carboxylic acids is 2. The van der Waals surface area contributed by atoms with Crippen LogP contribution in [0.15, 0.2) is 36.4 Å². The molecule has 1 unspecified atom stereocenters. The average molecular weight is 370 g/mol. The van der Waals surface area contributed by atoms with E-state index in [4.69, 9.17) is 14.2 Å². The molecule has 7 heteroatoms. The lowest BCUT2D eigenvalue weighted by molar-refractivity contribution is -0.120. The van der Waals surface area contributed by atoms with Crippen molar-refractivity contribution in [3.05, 3.63) is 53.1 Å². The Labute approximate surface area is 157 Å². The maximum Gasteiger partial charge on any atom is 0.251 e. The van der Waals surface area contributed by atoms with Crippen LogP contribution in [0.4, 0.5) is 0 Å². The molecule has 0 saturated carbocycles. The quantitative estimate of drug-likeness (QED) is 0.815. The molecule has 0 saturated heterocycles. The van der Waals surface area contributed by atoms with Crippen molar-refractivity contribution in [2.45, 2.75) is 19.9 Å². The fourth-order valence-electron chi connectivity index (χ4n) is 2.86. The summed E-state index contributed by atoms with van der Waals surface area (Å²) in [6, 6.07) is 10.4. The lowest BCUT2D eigenvalue weighted by Gasteiger charge is -2.18. The summed E-state index contributed by atoms with van der Waals surface area (Å²) < 4.78 is 15.8. The third-order valence-corrected chi connectivity index (χ3v) is 4.27. The van der Waals surface area contributed by atoms with Crippen LogP contribution in [0.2, 0.25) is 0 Å². The van der Waals surface area contributed by atoms with E-state index < -0.39 is 0 Å². The molecule has 1 aliphatic rings. The Morgan fingerprint density at radius 3 is 2.70 bits per heavy atom. The number of amides is 2. The van der Waals surface area contributed by atoms with Gasteiger partial charge in [-0.15, -0.1) is 0 Å². The van der Waals surface area contributed by atoms with Gasteiger partial charge >= 0.3 is 0 Å². The number of benzene rings is 2. The maximum absolute atomic E-state index is 12.2. The van der Waals surface area contributed by atoms with Gasteiger partial charge in [0.1, 0.15) is 5.75 Å². The second-order valence-corrected chi connectivity index (χ2v) is 6.29. The predicted octanol–water partition coefficient (Wildman–Crippen LogP) is 2.34. The average Bonchev–Trinajstić information content (AvgIpc) is 3.13. The SMILES string of the molecule is COc1ccc(C)cc1C(C)NC(=O)CNC(=O)c1ccc2c(c1)OCO2. The van der Waals surface area contributed by atoms with Crippen LogP contribution >= 0.6 is 0 Å². The van der Waals surface area contributed by atoms with Gasteiger partial charge in [0, 0.05) is 11.1 Å². The molecule has 0 aromatic heterocycles. The molecule has 7 nitrogen and oxygen atoms in total. The molecule has 2 amide bonds. The number of rotatable bonds is 6. The highest BCUT2D eigenvalue weighted by Crippen LogP contribution is 2.32. The fraction of sp³-hybridized carbons (Fsp3) is 0.300. The number of methoxy groups -OCH3 is 1. The molecule has 1 heterocycles. The number of aryl methyl sites for hydroxylation is 1. The van der Waals surface area contributed by atoms with Crippen LogP contribution in [0.3, 0.4) is 0 Å². The third-order valence-electron chi connectivity index (χ3n) is 4.27. The van der Waals surface area contributed by atoms with E-state index in [1.807, 2.05) is 32.0 Å². The Morgan fingerprint density at radius 2 is 1.93 bits per heavy atom. The first-order valence-electron chi connectivity index (χ1n) is 8.59. The van der Waals surface area contributed by atoms with Gasteiger partial charge in [0.25, 0.3) is 5.91 Å². The van der Waals surface area contributed by atoms with E-state index in [9.17, 15) is 9.59 Å². The molecular weight excluding hydrogens is 348 g/mol. The first-order chi connectivity index (χ1) is 13.0. The van der Waals surface area contributed by atoms with Crippen molar-refractivity contribution in [3.8, 4) is 17.2 Å². The molecule has 0 spiro atoms. The smallest absolute Gasteiger partial charge is 0.251 e. The van der Waals surface area contributed by atoms with Crippen molar-refractivity contribution in [3.63, 3.8) is 0 Å². The first-order valence-corrected chi connectivity index (χ1v) is 8.59. The van der Waals surface area contributed by atoms with Crippen LogP contribution in [0.25, 0.3) is 0 Å². The summed E-state index contributed by atoms with van der Waals surface area (Å²) in [5.41, 5.74) is 2.36. The van der Waals surface area contributed by atoms with Crippen LogP contribution in [0, 0.1) is 6.92 Å². The van der Waals surface area contributed by atoms with Crippen molar-refractivity contribution < 1.29 is 23.8 Å². The summed E-state index contributed by atoms with van der Waals surface area (Å²) >= 11 is 0. The van der Waals surface area contributed by atoms with Gasteiger partial charge in [0.05, 0.1) is 19.7 Å². The number of hydrogen-bond donors (Lipinski definition) is 2. The van der Waals surface area contributed by atoms with E-state index in [0.29, 0.717) is 22.8 Å². The van der Waals surface area contributed by atoms with Crippen LogP contribution in [0.5, 0.6) is 17.2 Å². The van der Waals surface area contributed by atoms with E-state index in [-0.39, 0.29) is 31.2 Å². The largest absolute Gasteiger partial charge is 0.496 e. The standard InChI is InChI=1S/C20H22N2O5/c1-12-4-6-16(25-3)15(8-12)13(2)22-19(23)10-21-20(24)14-5-7-17-18(9-14)27-11-26-17/h4-9,13H,10-11H2,1-3H3,(H,21,24)(H,22,23). The van der Waals surface area contributed by atoms with E-state index in [1.165, 1.54) is 0 Å². The molecule has 3 rings (SSSR count). The Bertz CT molecular complexity index is 865. The minimum atomic E-state index is -0.357. The van der Waals surface area contributed by atoms with E-state index in [1.54, 1.807) is 25.3 Å². The monoisotopic (exact) mass is 370 g/mol. The van der Waals surface area contributed by atoms with Crippen molar-refractivity contribution >= 4 is 11.8 Å². The summed E-state index contributed by atoms with van der Waals surface area (Å²) in [5, 5.41) is 5.48. The highest BCUT2D eigenvalue weighted by Gasteiger charge is 2.18. The minimum absolute atomic E-state index is 0.133. The topological polar surface area (TPSA) is 85.9 Å². The zero-order valence-electron chi connectivity index (χ0n) is 15.5. The Hall–Kier alpha value is -3.22. The van der Waals surface area contributed by atoms with Gasteiger partial charge in [-0.2, -0.15) is 0 Å². The van der Waals surface area contributed by atoms with Crippen LogP contribution in [0.1, 0.15) is 34.5 Å². The molecule has 0 bridgehead atoms. The first kappa shape index (κ1) is 18.6. The lowest BCUT2D eigenvalue weighted by Crippen LogP contribution is -2.38. The molecule has 2 aromatic rings. The number of fused-ring (bicyclic) bond motifs is 1. The lowest BCUT2D eigenvalue weighted by atomic mass is 10.0.